The summed E-state index contributed by atoms with van der Waals surface area (Å²) in [6.07, 6.45) is 0.353. The number of rotatable bonds is 5. The number of benzene rings is 2. The predicted octanol–water partition coefficient (Wildman–Crippen LogP) is 3.33. The summed E-state index contributed by atoms with van der Waals surface area (Å²) in [6, 6.07) is 15.7. The predicted molar refractivity (Wildman–Crippen MR) is 88.7 cm³/mol. The highest BCUT2D eigenvalue weighted by Crippen LogP contribution is 2.18. The third-order valence-electron chi connectivity index (χ3n) is 3.42. The van der Waals surface area contributed by atoms with Crippen molar-refractivity contribution in [2.24, 2.45) is 5.73 Å². The first-order chi connectivity index (χ1) is 10.1. The maximum atomic E-state index is 12.2. The van der Waals surface area contributed by atoms with E-state index in [1.54, 1.807) is 0 Å². The molecule has 0 saturated carbocycles. The second kappa shape index (κ2) is 7.38. The van der Waals surface area contributed by atoms with E-state index in [1.807, 2.05) is 55.5 Å². The second-order valence-electron chi connectivity index (χ2n) is 4.99. The molecule has 0 aromatic heterocycles. The van der Waals surface area contributed by atoms with E-state index in [0.717, 1.165) is 21.2 Å². The number of carbonyl (C=O) groups is 1. The molecule has 1 amide bonds. The standard InChI is InChI=1S/C17H19BrN2O/c1-12(13-7-4-8-16(18)9-13)20-17(21)10-14-5-2-3-6-15(14)11-19/h2-9,12H,10-11,19H2,1H3,(H,20,21)/t12-/m0/s1. The molecule has 3 N–H and O–H groups in total. The minimum Gasteiger partial charge on any atom is -0.349 e. The largest absolute Gasteiger partial charge is 0.349 e. The summed E-state index contributed by atoms with van der Waals surface area (Å²) in [6.45, 7) is 2.43. The van der Waals surface area contributed by atoms with Crippen molar-refractivity contribution in [1.29, 1.82) is 0 Å². The van der Waals surface area contributed by atoms with Crippen LogP contribution in [0.25, 0.3) is 0 Å². The fourth-order valence-corrected chi connectivity index (χ4v) is 2.67. The summed E-state index contributed by atoms with van der Waals surface area (Å²) in [5.41, 5.74) is 8.77. The highest BCUT2D eigenvalue weighted by molar-refractivity contribution is 9.10. The Hall–Kier alpha value is -1.65. The van der Waals surface area contributed by atoms with Crippen LogP contribution in [0.3, 0.4) is 0 Å². The lowest BCUT2D eigenvalue weighted by Crippen LogP contribution is -2.28. The van der Waals surface area contributed by atoms with Crippen LogP contribution in [0.2, 0.25) is 0 Å². The van der Waals surface area contributed by atoms with Gasteiger partial charge in [0.15, 0.2) is 0 Å². The van der Waals surface area contributed by atoms with Crippen molar-refractivity contribution in [3.05, 3.63) is 69.7 Å². The maximum Gasteiger partial charge on any atom is 0.224 e. The first-order valence-electron chi connectivity index (χ1n) is 6.92. The van der Waals surface area contributed by atoms with Gasteiger partial charge in [-0.1, -0.05) is 52.3 Å². The molecule has 0 unspecified atom stereocenters. The van der Waals surface area contributed by atoms with Gasteiger partial charge in [-0.25, -0.2) is 0 Å². The average Bonchev–Trinajstić information content (AvgIpc) is 2.47. The minimum absolute atomic E-state index is 0.00313. The lowest BCUT2D eigenvalue weighted by molar-refractivity contribution is -0.121. The van der Waals surface area contributed by atoms with E-state index in [1.165, 1.54) is 0 Å². The van der Waals surface area contributed by atoms with Crippen LogP contribution in [0.1, 0.15) is 29.7 Å². The summed E-state index contributed by atoms with van der Waals surface area (Å²) in [5, 5.41) is 3.02. The summed E-state index contributed by atoms with van der Waals surface area (Å²) < 4.78 is 1.01. The van der Waals surface area contributed by atoms with Gasteiger partial charge in [-0.05, 0) is 35.7 Å². The summed E-state index contributed by atoms with van der Waals surface area (Å²) in [7, 11) is 0. The molecule has 21 heavy (non-hydrogen) atoms. The molecule has 0 aliphatic rings. The number of halogens is 1. The molecule has 2 aromatic rings. The van der Waals surface area contributed by atoms with E-state index in [9.17, 15) is 4.79 Å². The summed E-state index contributed by atoms with van der Waals surface area (Å²) in [5.74, 6) is 0.00313. The molecule has 0 saturated heterocycles. The Labute approximate surface area is 133 Å². The van der Waals surface area contributed by atoms with Gasteiger partial charge in [0, 0.05) is 11.0 Å². The molecule has 0 fully saturated rings. The van der Waals surface area contributed by atoms with Crippen molar-refractivity contribution < 1.29 is 4.79 Å². The quantitative estimate of drug-likeness (QED) is 0.872. The van der Waals surface area contributed by atoms with Gasteiger partial charge >= 0.3 is 0 Å². The first kappa shape index (κ1) is 15.7. The molecule has 3 nitrogen and oxygen atoms in total. The summed E-state index contributed by atoms with van der Waals surface area (Å²) >= 11 is 3.44. The fourth-order valence-electron chi connectivity index (χ4n) is 2.25. The Bertz CT molecular complexity index is 628. The van der Waals surface area contributed by atoms with Crippen LogP contribution >= 0.6 is 15.9 Å². The highest BCUT2D eigenvalue weighted by atomic mass is 79.9. The van der Waals surface area contributed by atoms with Gasteiger partial charge in [-0.2, -0.15) is 0 Å². The Morgan fingerprint density at radius 3 is 2.57 bits per heavy atom. The van der Waals surface area contributed by atoms with Gasteiger partial charge < -0.3 is 11.1 Å². The van der Waals surface area contributed by atoms with Gasteiger partial charge in [0.05, 0.1) is 12.5 Å². The molecule has 0 spiro atoms. The van der Waals surface area contributed by atoms with Crippen molar-refractivity contribution in [1.82, 2.24) is 5.32 Å². The SMILES string of the molecule is C[C@H](NC(=O)Cc1ccccc1CN)c1cccc(Br)c1. The van der Waals surface area contributed by atoms with Crippen molar-refractivity contribution in [2.45, 2.75) is 25.9 Å². The zero-order valence-corrected chi connectivity index (χ0v) is 13.6. The number of nitrogens with two attached hydrogens (primary N) is 1. The normalized spacial score (nSPS) is 12.0. The van der Waals surface area contributed by atoms with Crippen LogP contribution in [0.15, 0.2) is 53.0 Å². The number of carbonyl (C=O) groups excluding carboxylic acids is 1. The smallest absolute Gasteiger partial charge is 0.224 e. The Morgan fingerprint density at radius 2 is 1.90 bits per heavy atom. The zero-order chi connectivity index (χ0) is 15.2. The molecule has 2 aromatic carbocycles. The number of nitrogens with one attached hydrogen (secondary N) is 1. The lowest BCUT2D eigenvalue weighted by Gasteiger charge is -2.15. The zero-order valence-electron chi connectivity index (χ0n) is 12.0. The van der Waals surface area contributed by atoms with Crippen molar-refractivity contribution in [3.8, 4) is 0 Å². The molecule has 0 bridgehead atoms. The molecule has 110 valence electrons. The number of hydrogen-bond donors (Lipinski definition) is 2. The fraction of sp³-hybridized carbons (Fsp3) is 0.235. The van der Waals surface area contributed by atoms with E-state index in [-0.39, 0.29) is 11.9 Å². The third-order valence-corrected chi connectivity index (χ3v) is 3.91. The minimum atomic E-state index is -0.0277. The van der Waals surface area contributed by atoms with Crippen LogP contribution in [0.5, 0.6) is 0 Å². The average molecular weight is 347 g/mol. The summed E-state index contributed by atoms with van der Waals surface area (Å²) in [4.78, 5) is 12.2. The molecule has 4 heteroatoms. The maximum absolute atomic E-state index is 12.2. The molecular formula is C17H19BrN2O. The van der Waals surface area contributed by atoms with E-state index in [2.05, 4.69) is 21.2 Å². The third kappa shape index (κ3) is 4.41. The van der Waals surface area contributed by atoms with Crippen molar-refractivity contribution in [2.75, 3.05) is 0 Å². The number of amides is 1. The lowest BCUT2D eigenvalue weighted by atomic mass is 10.0. The molecule has 1 atom stereocenters. The van der Waals surface area contributed by atoms with Crippen molar-refractivity contribution >= 4 is 21.8 Å². The van der Waals surface area contributed by atoms with E-state index in [4.69, 9.17) is 5.73 Å². The highest BCUT2D eigenvalue weighted by Gasteiger charge is 2.11. The van der Waals surface area contributed by atoms with Gasteiger partial charge in [0.25, 0.3) is 0 Å². The number of hydrogen-bond acceptors (Lipinski definition) is 2. The van der Waals surface area contributed by atoms with Gasteiger partial charge in [0.2, 0.25) is 5.91 Å². The molecule has 0 aliphatic carbocycles. The van der Waals surface area contributed by atoms with Gasteiger partial charge in [0.1, 0.15) is 0 Å². The molecule has 2 rings (SSSR count). The van der Waals surface area contributed by atoms with Crippen LogP contribution < -0.4 is 11.1 Å². The monoisotopic (exact) mass is 346 g/mol. The first-order valence-corrected chi connectivity index (χ1v) is 7.71. The van der Waals surface area contributed by atoms with Crippen molar-refractivity contribution in [3.63, 3.8) is 0 Å². The Morgan fingerprint density at radius 1 is 1.19 bits per heavy atom. The van der Waals surface area contributed by atoms with E-state index in [0.29, 0.717) is 13.0 Å². The van der Waals surface area contributed by atoms with Gasteiger partial charge in [-0.15, -0.1) is 0 Å². The van der Waals surface area contributed by atoms with Crippen LogP contribution in [0.4, 0.5) is 0 Å². The van der Waals surface area contributed by atoms with Gasteiger partial charge in [-0.3, -0.25) is 4.79 Å². The molecule has 0 aliphatic heterocycles. The topological polar surface area (TPSA) is 55.1 Å². The molecule has 0 heterocycles. The van der Waals surface area contributed by atoms with Crippen LogP contribution in [-0.2, 0) is 17.8 Å². The molecule has 0 radical (unpaired) electrons. The Kier molecular flexibility index (Phi) is 5.53. The Balaban J connectivity index is 2.01. The van der Waals surface area contributed by atoms with Crippen LogP contribution in [-0.4, -0.2) is 5.91 Å². The second-order valence-corrected chi connectivity index (χ2v) is 5.91. The van der Waals surface area contributed by atoms with Crippen LogP contribution in [0, 0.1) is 0 Å². The molecular weight excluding hydrogens is 328 g/mol. The van der Waals surface area contributed by atoms with E-state index < -0.39 is 0 Å². The van der Waals surface area contributed by atoms with E-state index >= 15 is 0 Å².